The Morgan fingerprint density at radius 1 is 1.04 bits per heavy atom. The van der Waals surface area contributed by atoms with Crippen molar-refractivity contribution >= 4 is 33.1 Å². The predicted octanol–water partition coefficient (Wildman–Crippen LogP) is 4.97. The minimum absolute atomic E-state index is 0.326. The number of halogens is 1. The fraction of sp³-hybridized carbons (Fsp3) is 0.111. The summed E-state index contributed by atoms with van der Waals surface area (Å²) in [6, 6.07) is 13.7. The molecule has 3 N–H and O–H groups in total. The summed E-state index contributed by atoms with van der Waals surface area (Å²) in [7, 11) is 0. The lowest BCUT2D eigenvalue weighted by Gasteiger charge is -2.12. The average molecular weight is 385 g/mol. The fourth-order valence-corrected chi connectivity index (χ4v) is 2.77. The summed E-state index contributed by atoms with van der Waals surface area (Å²) in [6.45, 7) is 4.03. The number of hydrogen-bond donors (Lipinski definition) is 2. The number of nitrogen functional groups attached to an aromatic ring is 1. The number of rotatable bonds is 4. The van der Waals surface area contributed by atoms with Gasteiger partial charge in [-0.25, -0.2) is 4.98 Å². The molecule has 5 nitrogen and oxygen atoms in total. The van der Waals surface area contributed by atoms with Gasteiger partial charge in [-0.15, -0.1) is 0 Å². The van der Waals surface area contributed by atoms with E-state index in [1.165, 1.54) is 6.33 Å². The number of hydrogen-bond acceptors (Lipinski definition) is 5. The minimum atomic E-state index is 0.326. The summed E-state index contributed by atoms with van der Waals surface area (Å²) >= 11 is 3.44. The third kappa shape index (κ3) is 3.83. The van der Waals surface area contributed by atoms with Crippen molar-refractivity contribution in [3.63, 3.8) is 0 Å². The molecule has 0 spiro atoms. The van der Waals surface area contributed by atoms with Crippen LogP contribution in [0.25, 0.3) is 0 Å². The minimum Gasteiger partial charge on any atom is -0.437 e. The van der Waals surface area contributed by atoms with E-state index in [-0.39, 0.29) is 0 Å². The van der Waals surface area contributed by atoms with Crippen molar-refractivity contribution in [1.82, 2.24) is 9.97 Å². The van der Waals surface area contributed by atoms with E-state index in [0.29, 0.717) is 23.1 Å². The van der Waals surface area contributed by atoms with Crippen molar-refractivity contribution in [2.75, 3.05) is 11.1 Å². The molecule has 24 heavy (non-hydrogen) atoms. The first-order chi connectivity index (χ1) is 11.5. The van der Waals surface area contributed by atoms with Crippen LogP contribution >= 0.6 is 15.9 Å². The SMILES string of the molecule is Cc1cc(C)cc(Oc2ncnc(Nc3cccc(Br)c3)c2N)c1. The van der Waals surface area contributed by atoms with Gasteiger partial charge in [-0.05, 0) is 55.3 Å². The molecule has 0 aliphatic heterocycles. The zero-order valence-electron chi connectivity index (χ0n) is 13.4. The number of nitrogens with zero attached hydrogens (tertiary/aromatic N) is 2. The number of anilines is 3. The van der Waals surface area contributed by atoms with Crippen LogP contribution in [0.1, 0.15) is 11.1 Å². The second-order valence-electron chi connectivity index (χ2n) is 5.50. The largest absolute Gasteiger partial charge is 0.437 e. The van der Waals surface area contributed by atoms with Crippen LogP contribution < -0.4 is 15.8 Å². The Morgan fingerprint density at radius 3 is 2.50 bits per heavy atom. The molecule has 0 atom stereocenters. The van der Waals surface area contributed by atoms with Gasteiger partial charge < -0.3 is 15.8 Å². The van der Waals surface area contributed by atoms with Crippen LogP contribution in [-0.2, 0) is 0 Å². The van der Waals surface area contributed by atoms with Crippen molar-refractivity contribution in [1.29, 1.82) is 0 Å². The Morgan fingerprint density at radius 2 is 1.79 bits per heavy atom. The molecule has 2 aromatic carbocycles. The maximum atomic E-state index is 6.17. The molecule has 6 heteroatoms. The van der Waals surface area contributed by atoms with Crippen LogP contribution in [0, 0.1) is 13.8 Å². The van der Waals surface area contributed by atoms with Crippen molar-refractivity contribution < 1.29 is 4.74 Å². The number of aryl methyl sites for hydroxylation is 2. The Labute approximate surface area is 149 Å². The van der Waals surface area contributed by atoms with Gasteiger partial charge >= 0.3 is 0 Å². The third-order valence-corrected chi connectivity index (χ3v) is 3.84. The number of nitrogens with two attached hydrogens (primary N) is 1. The molecular formula is C18H17BrN4O. The molecule has 0 fully saturated rings. The van der Waals surface area contributed by atoms with E-state index in [1.54, 1.807) is 0 Å². The molecule has 0 saturated heterocycles. The van der Waals surface area contributed by atoms with Gasteiger partial charge in [0.1, 0.15) is 17.8 Å². The van der Waals surface area contributed by atoms with E-state index in [2.05, 4.69) is 37.3 Å². The fourth-order valence-electron chi connectivity index (χ4n) is 2.37. The average Bonchev–Trinajstić information content (AvgIpc) is 2.50. The highest BCUT2D eigenvalue weighted by Crippen LogP contribution is 2.32. The van der Waals surface area contributed by atoms with Crippen molar-refractivity contribution in [3.8, 4) is 11.6 Å². The molecule has 0 bridgehead atoms. The monoisotopic (exact) mass is 384 g/mol. The van der Waals surface area contributed by atoms with E-state index in [1.807, 2.05) is 50.2 Å². The first kappa shape index (κ1) is 16.3. The number of ether oxygens (including phenoxy) is 1. The second kappa shape index (κ2) is 6.88. The Hall–Kier alpha value is -2.60. The van der Waals surface area contributed by atoms with Gasteiger partial charge in [0.15, 0.2) is 5.82 Å². The Bertz CT molecular complexity index is 862. The van der Waals surface area contributed by atoms with Crippen LogP contribution in [-0.4, -0.2) is 9.97 Å². The van der Waals surface area contributed by atoms with Gasteiger partial charge in [0.25, 0.3) is 0 Å². The normalized spacial score (nSPS) is 10.5. The van der Waals surface area contributed by atoms with Crippen LogP contribution in [0.2, 0.25) is 0 Å². The van der Waals surface area contributed by atoms with Gasteiger partial charge in [-0.2, -0.15) is 4.98 Å². The number of nitrogens with one attached hydrogen (secondary N) is 1. The number of aromatic nitrogens is 2. The van der Waals surface area contributed by atoms with E-state index >= 15 is 0 Å². The lowest BCUT2D eigenvalue weighted by Crippen LogP contribution is -2.03. The van der Waals surface area contributed by atoms with Gasteiger partial charge in [-0.3, -0.25) is 0 Å². The molecule has 3 aromatic rings. The van der Waals surface area contributed by atoms with Crippen LogP contribution in [0.4, 0.5) is 17.2 Å². The topological polar surface area (TPSA) is 73.1 Å². The zero-order chi connectivity index (χ0) is 17.1. The molecule has 0 radical (unpaired) electrons. The molecule has 0 saturated carbocycles. The standard InChI is InChI=1S/C18H17BrN4O/c1-11-6-12(2)8-15(7-11)24-18-16(20)17(21-10-22-18)23-14-5-3-4-13(19)9-14/h3-10H,20H2,1-2H3,(H,21,22,23). The van der Waals surface area contributed by atoms with Gasteiger partial charge in [-0.1, -0.05) is 28.1 Å². The summed E-state index contributed by atoms with van der Waals surface area (Å²) < 4.78 is 6.81. The highest BCUT2D eigenvalue weighted by atomic mass is 79.9. The zero-order valence-corrected chi connectivity index (χ0v) is 15.0. The molecule has 0 aliphatic rings. The predicted molar refractivity (Wildman–Crippen MR) is 99.9 cm³/mol. The maximum Gasteiger partial charge on any atom is 0.248 e. The van der Waals surface area contributed by atoms with E-state index < -0.39 is 0 Å². The first-order valence-electron chi connectivity index (χ1n) is 7.40. The lowest BCUT2D eigenvalue weighted by atomic mass is 10.1. The summed E-state index contributed by atoms with van der Waals surface area (Å²) in [5, 5.41) is 3.18. The van der Waals surface area contributed by atoms with E-state index in [0.717, 1.165) is 21.3 Å². The third-order valence-electron chi connectivity index (χ3n) is 3.34. The maximum absolute atomic E-state index is 6.17. The van der Waals surface area contributed by atoms with Gasteiger partial charge in [0, 0.05) is 10.2 Å². The summed E-state index contributed by atoms with van der Waals surface area (Å²) in [5.41, 5.74) is 9.63. The van der Waals surface area contributed by atoms with Crippen molar-refractivity contribution in [3.05, 3.63) is 64.4 Å². The van der Waals surface area contributed by atoms with Crippen LogP contribution in [0.3, 0.4) is 0 Å². The van der Waals surface area contributed by atoms with E-state index in [9.17, 15) is 0 Å². The molecule has 0 amide bonds. The first-order valence-corrected chi connectivity index (χ1v) is 8.20. The lowest BCUT2D eigenvalue weighted by molar-refractivity contribution is 0.464. The number of benzene rings is 2. The molecule has 0 unspecified atom stereocenters. The molecule has 1 heterocycles. The highest BCUT2D eigenvalue weighted by Gasteiger charge is 2.11. The van der Waals surface area contributed by atoms with Gasteiger partial charge in [0.05, 0.1) is 0 Å². The van der Waals surface area contributed by atoms with Crippen LogP contribution in [0.5, 0.6) is 11.6 Å². The molecule has 122 valence electrons. The Balaban J connectivity index is 1.88. The highest BCUT2D eigenvalue weighted by molar-refractivity contribution is 9.10. The smallest absolute Gasteiger partial charge is 0.248 e. The quantitative estimate of drug-likeness (QED) is 0.663. The van der Waals surface area contributed by atoms with Gasteiger partial charge in [0.2, 0.25) is 5.88 Å². The van der Waals surface area contributed by atoms with Crippen molar-refractivity contribution in [2.24, 2.45) is 0 Å². The summed E-state index contributed by atoms with van der Waals surface area (Å²) in [6.07, 6.45) is 1.43. The second-order valence-corrected chi connectivity index (χ2v) is 6.42. The summed E-state index contributed by atoms with van der Waals surface area (Å²) in [4.78, 5) is 8.34. The molecule has 3 rings (SSSR count). The molecule has 0 aliphatic carbocycles. The summed E-state index contributed by atoms with van der Waals surface area (Å²) in [5.74, 6) is 1.53. The van der Waals surface area contributed by atoms with Crippen molar-refractivity contribution in [2.45, 2.75) is 13.8 Å². The Kier molecular flexibility index (Phi) is 4.66. The molecule has 1 aromatic heterocycles. The molecular weight excluding hydrogens is 368 g/mol. The van der Waals surface area contributed by atoms with E-state index in [4.69, 9.17) is 10.5 Å². The van der Waals surface area contributed by atoms with Crippen LogP contribution in [0.15, 0.2) is 53.3 Å².